The molecule has 0 aliphatic carbocycles. The minimum atomic E-state index is -0.618. The number of nitrogens with one attached hydrogen (secondary N) is 1. The molecule has 0 aliphatic rings. The minimum absolute atomic E-state index is 0.00550. The molecule has 0 saturated heterocycles. The SMILES string of the molecule is CCCOCc1cc(C(C)=O)ccc1OCC(O)CNCCc1ccccc1. The van der Waals surface area contributed by atoms with Gasteiger partial charge in [0.25, 0.3) is 0 Å². The summed E-state index contributed by atoms with van der Waals surface area (Å²) in [6.45, 7) is 6.05. The molecule has 2 N–H and O–H groups in total. The van der Waals surface area contributed by atoms with Crippen LogP contribution in [-0.4, -0.2) is 43.3 Å². The average Bonchev–Trinajstić information content (AvgIpc) is 2.71. The Hall–Kier alpha value is -2.21. The van der Waals surface area contributed by atoms with E-state index in [1.165, 1.54) is 12.5 Å². The van der Waals surface area contributed by atoms with E-state index in [4.69, 9.17) is 9.47 Å². The first-order valence-electron chi connectivity index (χ1n) is 9.87. The Balaban J connectivity index is 1.80. The van der Waals surface area contributed by atoms with Crippen molar-refractivity contribution in [3.05, 3.63) is 65.2 Å². The molecule has 0 saturated carbocycles. The fourth-order valence-electron chi connectivity index (χ4n) is 2.77. The Morgan fingerprint density at radius 1 is 1.18 bits per heavy atom. The van der Waals surface area contributed by atoms with Gasteiger partial charge >= 0.3 is 0 Å². The molecule has 2 aromatic carbocycles. The lowest BCUT2D eigenvalue weighted by molar-refractivity contribution is 0.0976. The summed E-state index contributed by atoms with van der Waals surface area (Å²) in [6.07, 6.45) is 1.23. The van der Waals surface area contributed by atoms with E-state index >= 15 is 0 Å². The maximum Gasteiger partial charge on any atom is 0.159 e. The maximum atomic E-state index is 11.6. The molecular formula is C23H31NO4. The molecule has 1 atom stereocenters. The van der Waals surface area contributed by atoms with Crippen LogP contribution in [0.5, 0.6) is 5.75 Å². The first-order chi connectivity index (χ1) is 13.6. The van der Waals surface area contributed by atoms with Gasteiger partial charge in [0.15, 0.2) is 5.78 Å². The normalized spacial score (nSPS) is 12.0. The number of carbonyl (C=O) groups excluding carboxylic acids is 1. The van der Waals surface area contributed by atoms with E-state index in [1.807, 2.05) is 25.1 Å². The van der Waals surface area contributed by atoms with Crippen molar-refractivity contribution in [1.29, 1.82) is 0 Å². The van der Waals surface area contributed by atoms with E-state index in [-0.39, 0.29) is 12.4 Å². The third-order valence-corrected chi connectivity index (χ3v) is 4.32. The lowest BCUT2D eigenvalue weighted by Crippen LogP contribution is -2.32. The zero-order valence-corrected chi connectivity index (χ0v) is 16.8. The molecule has 28 heavy (non-hydrogen) atoms. The fourth-order valence-corrected chi connectivity index (χ4v) is 2.77. The van der Waals surface area contributed by atoms with Crippen molar-refractivity contribution >= 4 is 5.78 Å². The number of aliphatic hydroxyl groups is 1. The first kappa shape index (κ1) is 22.1. The molecule has 0 radical (unpaired) electrons. The maximum absolute atomic E-state index is 11.6. The zero-order chi connectivity index (χ0) is 20.2. The van der Waals surface area contributed by atoms with Gasteiger partial charge in [-0.15, -0.1) is 0 Å². The summed E-state index contributed by atoms with van der Waals surface area (Å²) in [5.41, 5.74) is 2.72. The number of ether oxygens (including phenoxy) is 2. The van der Waals surface area contributed by atoms with Gasteiger partial charge in [-0.1, -0.05) is 37.3 Å². The van der Waals surface area contributed by atoms with E-state index in [0.717, 1.165) is 24.9 Å². The van der Waals surface area contributed by atoms with E-state index < -0.39 is 6.10 Å². The smallest absolute Gasteiger partial charge is 0.159 e. The van der Waals surface area contributed by atoms with Crippen molar-refractivity contribution in [3.8, 4) is 5.75 Å². The first-order valence-corrected chi connectivity index (χ1v) is 9.87. The second-order valence-corrected chi connectivity index (χ2v) is 6.84. The highest BCUT2D eigenvalue weighted by atomic mass is 16.5. The van der Waals surface area contributed by atoms with E-state index in [1.54, 1.807) is 18.2 Å². The molecule has 0 aromatic heterocycles. The number of rotatable bonds is 13. The molecule has 2 aromatic rings. The van der Waals surface area contributed by atoms with Gasteiger partial charge in [-0.3, -0.25) is 4.79 Å². The third kappa shape index (κ3) is 7.80. The molecular weight excluding hydrogens is 354 g/mol. The summed E-state index contributed by atoms with van der Waals surface area (Å²) >= 11 is 0. The largest absolute Gasteiger partial charge is 0.490 e. The van der Waals surface area contributed by atoms with Crippen molar-refractivity contribution in [3.63, 3.8) is 0 Å². The van der Waals surface area contributed by atoms with Crippen LogP contribution >= 0.6 is 0 Å². The average molecular weight is 386 g/mol. The van der Waals surface area contributed by atoms with Crippen molar-refractivity contribution in [2.45, 2.75) is 39.4 Å². The molecule has 0 aliphatic heterocycles. The molecule has 0 fully saturated rings. The summed E-state index contributed by atoms with van der Waals surface area (Å²) in [5.74, 6) is 0.649. The molecule has 0 heterocycles. The number of Topliss-reactive ketones (excluding diaryl/α,β-unsaturated/α-hetero) is 1. The van der Waals surface area contributed by atoms with Crippen LogP contribution in [0.1, 0.15) is 41.8 Å². The fraction of sp³-hybridized carbons (Fsp3) is 0.435. The van der Waals surface area contributed by atoms with Crippen molar-refractivity contribution < 1.29 is 19.4 Å². The molecule has 152 valence electrons. The van der Waals surface area contributed by atoms with E-state index in [2.05, 4.69) is 17.4 Å². The Bertz CT molecular complexity index is 718. The topological polar surface area (TPSA) is 67.8 Å². The van der Waals surface area contributed by atoms with Crippen molar-refractivity contribution in [2.75, 3.05) is 26.3 Å². The predicted molar refractivity (Wildman–Crippen MR) is 111 cm³/mol. The third-order valence-electron chi connectivity index (χ3n) is 4.32. The number of benzene rings is 2. The number of hydrogen-bond acceptors (Lipinski definition) is 5. The van der Waals surface area contributed by atoms with Gasteiger partial charge in [-0.25, -0.2) is 0 Å². The van der Waals surface area contributed by atoms with Crippen molar-refractivity contribution in [1.82, 2.24) is 5.32 Å². The molecule has 1 unspecified atom stereocenters. The Kier molecular flexibility index (Phi) is 9.69. The second kappa shape index (κ2) is 12.3. The summed E-state index contributed by atoms with van der Waals surface area (Å²) < 4.78 is 11.4. The van der Waals surface area contributed by atoms with Gasteiger partial charge in [0.05, 0.1) is 6.61 Å². The molecule has 0 bridgehead atoms. The van der Waals surface area contributed by atoms with Crippen LogP contribution in [0.3, 0.4) is 0 Å². The van der Waals surface area contributed by atoms with Gasteiger partial charge < -0.3 is 19.9 Å². The van der Waals surface area contributed by atoms with Crippen molar-refractivity contribution in [2.24, 2.45) is 0 Å². The Morgan fingerprint density at radius 2 is 1.96 bits per heavy atom. The Morgan fingerprint density at radius 3 is 2.68 bits per heavy atom. The van der Waals surface area contributed by atoms with Gasteiger partial charge in [0.1, 0.15) is 18.5 Å². The van der Waals surface area contributed by atoms with Crippen LogP contribution in [0.4, 0.5) is 0 Å². The lowest BCUT2D eigenvalue weighted by atomic mass is 10.1. The molecule has 5 nitrogen and oxygen atoms in total. The van der Waals surface area contributed by atoms with Crippen LogP contribution in [0.25, 0.3) is 0 Å². The van der Waals surface area contributed by atoms with Crippen LogP contribution in [-0.2, 0) is 17.8 Å². The summed E-state index contributed by atoms with van der Waals surface area (Å²) in [4.78, 5) is 11.6. The second-order valence-electron chi connectivity index (χ2n) is 6.84. The van der Waals surface area contributed by atoms with E-state index in [9.17, 15) is 9.90 Å². The number of ketones is 1. The molecule has 0 amide bonds. The predicted octanol–water partition coefficient (Wildman–Crippen LogP) is 3.39. The van der Waals surface area contributed by atoms with Crippen LogP contribution in [0.2, 0.25) is 0 Å². The number of hydrogen-bond donors (Lipinski definition) is 2. The highest BCUT2D eigenvalue weighted by molar-refractivity contribution is 5.94. The highest BCUT2D eigenvalue weighted by Crippen LogP contribution is 2.22. The number of carbonyl (C=O) groups is 1. The highest BCUT2D eigenvalue weighted by Gasteiger charge is 2.11. The summed E-state index contributed by atoms with van der Waals surface area (Å²) in [6, 6.07) is 15.6. The molecule has 2 rings (SSSR count). The van der Waals surface area contributed by atoms with Gasteiger partial charge in [-0.05, 0) is 50.1 Å². The number of aliphatic hydroxyl groups excluding tert-OH is 1. The zero-order valence-electron chi connectivity index (χ0n) is 16.8. The monoisotopic (exact) mass is 385 g/mol. The van der Waals surface area contributed by atoms with Crippen LogP contribution in [0.15, 0.2) is 48.5 Å². The van der Waals surface area contributed by atoms with Gasteiger partial charge in [0, 0.05) is 24.3 Å². The Labute approximate surface area is 167 Å². The van der Waals surface area contributed by atoms with Crippen LogP contribution < -0.4 is 10.1 Å². The van der Waals surface area contributed by atoms with Crippen LogP contribution in [0, 0.1) is 0 Å². The van der Waals surface area contributed by atoms with E-state index in [0.29, 0.717) is 31.1 Å². The minimum Gasteiger partial charge on any atom is -0.490 e. The summed E-state index contributed by atoms with van der Waals surface area (Å²) in [7, 11) is 0. The standard InChI is InChI=1S/C23H31NO4/c1-3-13-27-16-21-14-20(18(2)25)9-10-23(21)28-17-22(26)15-24-12-11-19-7-5-4-6-8-19/h4-10,14,22,24,26H,3,11-13,15-17H2,1-2H3. The molecule has 0 spiro atoms. The van der Waals surface area contributed by atoms with Gasteiger partial charge in [0.2, 0.25) is 0 Å². The van der Waals surface area contributed by atoms with Gasteiger partial charge in [-0.2, -0.15) is 0 Å². The summed E-state index contributed by atoms with van der Waals surface area (Å²) in [5, 5.41) is 13.4. The molecule has 5 heteroatoms. The quantitative estimate of drug-likeness (QED) is 0.409. The lowest BCUT2D eigenvalue weighted by Gasteiger charge is -2.16.